The minimum absolute atomic E-state index is 0.297. The third-order valence-corrected chi connectivity index (χ3v) is 7.48. The Morgan fingerprint density at radius 1 is 1.20 bits per heavy atom. The Hall–Kier alpha value is -4.08. The summed E-state index contributed by atoms with van der Waals surface area (Å²) in [5, 5.41) is 4.60. The molecule has 1 aliphatic heterocycles. The summed E-state index contributed by atoms with van der Waals surface area (Å²) in [6.07, 6.45) is 6.03. The number of anilines is 3. The van der Waals surface area contributed by atoms with Gasteiger partial charge in [0.25, 0.3) is 0 Å². The lowest BCUT2D eigenvalue weighted by Gasteiger charge is -2.31. The lowest BCUT2D eigenvalue weighted by molar-refractivity contribution is 0.0869. The number of benzene rings is 2. The van der Waals surface area contributed by atoms with Gasteiger partial charge in [-0.3, -0.25) is 0 Å². The number of likely N-dealkylation sites (N-methyl/N-ethyl adjacent to an activating group) is 2. The van der Waals surface area contributed by atoms with Crippen LogP contribution in [0.5, 0.6) is 5.75 Å². The first-order valence-electron chi connectivity index (χ1n) is 13.6. The molecule has 0 fully saturated rings. The number of hydrogen-bond donors (Lipinski definition) is 2. The van der Waals surface area contributed by atoms with E-state index in [0.29, 0.717) is 37.4 Å². The lowest BCUT2D eigenvalue weighted by Crippen LogP contribution is -2.38. The van der Waals surface area contributed by atoms with Gasteiger partial charge in [-0.2, -0.15) is 0 Å². The highest BCUT2D eigenvalue weighted by Crippen LogP contribution is 2.38. The normalized spacial score (nSPS) is 14.1. The van der Waals surface area contributed by atoms with Crippen molar-refractivity contribution in [3.63, 3.8) is 0 Å². The Labute approximate surface area is 236 Å². The Morgan fingerprint density at radius 2 is 2.02 bits per heavy atom. The van der Waals surface area contributed by atoms with Gasteiger partial charge in [-0.25, -0.2) is 9.97 Å². The molecule has 0 saturated carbocycles. The molecule has 0 bridgehead atoms. The van der Waals surface area contributed by atoms with Crippen LogP contribution in [0.25, 0.3) is 22.2 Å². The average molecular weight is 542 g/mol. The molecule has 5 rings (SSSR count). The zero-order chi connectivity index (χ0) is 28.2. The van der Waals surface area contributed by atoms with Gasteiger partial charge < -0.3 is 34.9 Å². The van der Waals surface area contributed by atoms with E-state index in [1.54, 1.807) is 19.5 Å². The number of methoxy groups -OCH3 is 1. The number of aromatic nitrogens is 3. The van der Waals surface area contributed by atoms with Crippen LogP contribution in [0, 0.1) is 0 Å². The topological polar surface area (TPSA) is 93.7 Å². The first-order valence-corrected chi connectivity index (χ1v) is 13.6. The van der Waals surface area contributed by atoms with Crippen molar-refractivity contribution in [2.24, 2.45) is 5.73 Å². The summed E-state index contributed by atoms with van der Waals surface area (Å²) in [4.78, 5) is 14.0. The number of allylic oxidation sites excluding steroid dienone is 1. The third-order valence-electron chi connectivity index (χ3n) is 7.48. The van der Waals surface area contributed by atoms with Crippen molar-refractivity contribution >= 4 is 28.2 Å². The number of nitrogens with zero attached hydrogens (tertiary/aromatic N) is 5. The van der Waals surface area contributed by atoms with Crippen molar-refractivity contribution in [1.29, 1.82) is 0 Å². The molecule has 2 aromatic carbocycles. The average Bonchev–Trinajstić information content (AvgIpc) is 3.30. The molecule has 3 heterocycles. The molecule has 9 heteroatoms. The zero-order valence-corrected chi connectivity index (χ0v) is 24.0. The second-order valence-corrected chi connectivity index (χ2v) is 10.5. The van der Waals surface area contributed by atoms with E-state index in [1.807, 2.05) is 12.1 Å². The summed E-state index contributed by atoms with van der Waals surface area (Å²) in [5.41, 5.74) is 13.0. The number of nitrogens with two attached hydrogens (primary N) is 1. The third kappa shape index (κ3) is 5.48. The van der Waals surface area contributed by atoms with Crippen LogP contribution in [0.15, 0.2) is 60.9 Å². The maximum Gasteiger partial charge on any atom is 0.227 e. The molecule has 0 radical (unpaired) electrons. The molecule has 1 unspecified atom stereocenters. The molecule has 0 amide bonds. The van der Waals surface area contributed by atoms with Gasteiger partial charge in [-0.1, -0.05) is 24.3 Å². The zero-order valence-electron chi connectivity index (χ0n) is 24.0. The Balaban J connectivity index is 1.53. The van der Waals surface area contributed by atoms with Crippen molar-refractivity contribution in [3.8, 4) is 17.0 Å². The maximum absolute atomic E-state index is 5.85. The second-order valence-electron chi connectivity index (χ2n) is 10.5. The van der Waals surface area contributed by atoms with Gasteiger partial charge in [-0.15, -0.1) is 0 Å². The van der Waals surface area contributed by atoms with Crippen LogP contribution < -0.4 is 20.7 Å². The summed E-state index contributed by atoms with van der Waals surface area (Å²) in [5.74, 6) is 1.22. The van der Waals surface area contributed by atoms with Crippen LogP contribution >= 0.6 is 0 Å². The van der Waals surface area contributed by atoms with E-state index in [0.717, 1.165) is 47.0 Å². The monoisotopic (exact) mass is 541 g/mol. The standard InChI is InChI=1S/C31H39N7O2/c1-21(19-36(2)3)37(4)27-18-29(39-5)25(17-22(27)9-8-13-32)35-31-33-14-12-24(34-31)30-23-10-6-7-11-26(23)38-15-16-40-20-28(30)38/h6-8,10-14,17-18,21H,9,15-16,19-20,32H2,1-5H3,(H,33,34,35). The molecule has 4 aromatic rings. The minimum Gasteiger partial charge on any atom is -0.494 e. The summed E-state index contributed by atoms with van der Waals surface area (Å²) in [6, 6.07) is 14.9. The predicted molar refractivity (Wildman–Crippen MR) is 162 cm³/mol. The second kappa shape index (κ2) is 12.0. The van der Waals surface area contributed by atoms with Gasteiger partial charge in [-0.05, 0) is 57.4 Å². The molecule has 0 spiro atoms. The molecular weight excluding hydrogens is 502 g/mol. The van der Waals surface area contributed by atoms with Crippen molar-refractivity contribution in [3.05, 3.63) is 72.2 Å². The highest BCUT2D eigenvalue weighted by atomic mass is 16.5. The molecule has 210 valence electrons. The predicted octanol–water partition coefficient (Wildman–Crippen LogP) is 4.78. The van der Waals surface area contributed by atoms with Gasteiger partial charge in [0.1, 0.15) is 5.75 Å². The van der Waals surface area contributed by atoms with Gasteiger partial charge in [0, 0.05) is 60.6 Å². The van der Waals surface area contributed by atoms with E-state index in [4.69, 9.17) is 20.2 Å². The fourth-order valence-corrected chi connectivity index (χ4v) is 5.51. The molecule has 0 aliphatic carbocycles. The Morgan fingerprint density at radius 3 is 2.80 bits per heavy atom. The molecule has 0 saturated heterocycles. The Bertz CT molecular complexity index is 1510. The summed E-state index contributed by atoms with van der Waals surface area (Å²) in [6.45, 7) is 5.24. The number of nitrogens with one attached hydrogen (secondary N) is 1. The van der Waals surface area contributed by atoms with Gasteiger partial charge >= 0.3 is 0 Å². The van der Waals surface area contributed by atoms with Crippen LogP contribution in [0.3, 0.4) is 0 Å². The van der Waals surface area contributed by atoms with Crippen LogP contribution in [0.4, 0.5) is 17.3 Å². The molecular formula is C31H39N7O2. The summed E-state index contributed by atoms with van der Waals surface area (Å²) < 4.78 is 14.0. The maximum atomic E-state index is 5.85. The number of hydrogen-bond acceptors (Lipinski definition) is 8. The van der Waals surface area contributed by atoms with Crippen molar-refractivity contribution < 1.29 is 9.47 Å². The van der Waals surface area contributed by atoms with Gasteiger partial charge in [0.15, 0.2) is 0 Å². The molecule has 1 atom stereocenters. The smallest absolute Gasteiger partial charge is 0.227 e. The first-order chi connectivity index (χ1) is 19.4. The van der Waals surface area contributed by atoms with E-state index in [1.165, 1.54) is 10.9 Å². The molecule has 3 N–H and O–H groups in total. The fraction of sp³-hybridized carbons (Fsp3) is 0.355. The van der Waals surface area contributed by atoms with Gasteiger partial charge in [0.2, 0.25) is 5.95 Å². The summed E-state index contributed by atoms with van der Waals surface area (Å²) in [7, 11) is 7.97. The molecule has 9 nitrogen and oxygen atoms in total. The van der Waals surface area contributed by atoms with E-state index in [9.17, 15) is 0 Å². The number of ether oxygens (including phenoxy) is 2. The van der Waals surface area contributed by atoms with Crippen LogP contribution in [0.2, 0.25) is 0 Å². The molecule has 40 heavy (non-hydrogen) atoms. The van der Waals surface area contributed by atoms with Gasteiger partial charge in [0.05, 0.1) is 37.4 Å². The number of rotatable bonds is 10. The van der Waals surface area contributed by atoms with E-state index >= 15 is 0 Å². The quantitative estimate of drug-likeness (QED) is 0.296. The number of fused-ring (bicyclic) bond motifs is 3. The minimum atomic E-state index is 0.297. The van der Waals surface area contributed by atoms with Crippen LogP contribution in [-0.4, -0.2) is 66.9 Å². The van der Waals surface area contributed by atoms with E-state index < -0.39 is 0 Å². The fourth-order valence-electron chi connectivity index (χ4n) is 5.51. The Kier molecular flexibility index (Phi) is 8.23. The van der Waals surface area contributed by atoms with E-state index in [-0.39, 0.29) is 0 Å². The highest BCUT2D eigenvalue weighted by molar-refractivity contribution is 5.97. The highest BCUT2D eigenvalue weighted by Gasteiger charge is 2.23. The first kappa shape index (κ1) is 27.5. The largest absolute Gasteiger partial charge is 0.494 e. The van der Waals surface area contributed by atoms with Crippen molar-refractivity contribution in [1.82, 2.24) is 19.4 Å². The molecule has 1 aliphatic rings. The van der Waals surface area contributed by atoms with E-state index in [2.05, 4.69) is 89.1 Å². The SMILES string of the molecule is COc1cc(N(C)C(C)CN(C)C)c(CC=CN)cc1Nc1nccc(-c2c3n(c4ccccc24)CCOC3)n1. The van der Waals surface area contributed by atoms with Crippen molar-refractivity contribution in [2.75, 3.05) is 51.6 Å². The number of para-hydroxylation sites is 1. The van der Waals surface area contributed by atoms with Crippen LogP contribution in [0.1, 0.15) is 18.2 Å². The molecule has 2 aromatic heterocycles. The van der Waals surface area contributed by atoms with Crippen molar-refractivity contribution in [2.45, 2.75) is 32.5 Å². The van der Waals surface area contributed by atoms with Crippen LogP contribution in [-0.2, 0) is 24.3 Å². The lowest BCUT2D eigenvalue weighted by atomic mass is 10.0. The summed E-state index contributed by atoms with van der Waals surface area (Å²) >= 11 is 0.